The molecule has 6 rings (SSSR count). The number of nitrogen functional groups attached to an aromatic ring is 1. The number of anilines is 2. The molecular formula is C26H28ClN9O. The fourth-order valence-electron chi connectivity index (χ4n) is 4.90. The molecule has 0 saturated carbocycles. The molecule has 4 heterocycles. The Labute approximate surface area is 218 Å². The first-order valence-corrected chi connectivity index (χ1v) is 12.7. The number of fused-ring (bicyclic) bond motifs is 3. The fourth-order valence-corrected chi connectivity index (χ4v) is 5.11. The Hall–Kier alpha value is -3.89. The van der Waals surface area contributed by atoms with Gasteiger partial charge in [-0.05, 0) is 36.8 Å². The second kappa shape index (κ2) is 9.53. The molecule has 1 aliphatic rings. The largest absolute Gasteiger partial charge is 0.369 e. The minimum Gasteiger partial charge on any atom is -0.369 e. The van der Waals surface area contributed by atoms with Crippen molar-refractivity contribution in [3.8, 4) is 0 Å². The van der Waals surface area contributed by atoms with Crippen LogP contribution in [0.15, 0.2) is 59.5 Å². The second-order valence-electron chi connectivity index (χ2n) is 9.47. The van der Waals surface area contributed by atoms with Crippen LogP contribution in [0.3, 0.4) is 0 Å². The molecule has 2 aromatic carbocycles. The number of hydrogen-bond donors (Lipinski definition) is 1. The molecule has 2 N–H and O–H groups in total. The minimum atomic E-state index is -0.346. The molecule has 0 amide bonds. The van der Waals surface area contributed by atoms with Crippen molar-refractivity contribution in [3.05, 3.63) is 81.4 Å². The summed E-state index contributed by atoms with van der Waals surface area (Å²) in [4.78, 5) is 22.4. The van der Waals surface area contributed by atoms with Crippen LogP contribution in [0.25, 0.3) is 16.7 Å². The van der Waals surface area contributed by atoms with Gasteiger partial charge in [0.2, 0.25) is 5.95 Å². The van der Waals surface area contributed by atoms with Gasteiger partial charge in [-0.1, -0.05) is 41.4 Å². The summed E-state index contributed by atoms with van der Waals surface area (Å²) < 4.78 is 4.56. The van der Waals surface area contributed by atoms with Gasteiger partial charge >= 0.3 is 5.69 Å². The van der Waals surface area contributed by atoms with Crippen LogP contribution in [0.1, 0.15) is 11.1 Å². The number of benzene rings is 2. The van der Waals surface area contributed by atoms with Gasteiger partial charge in [-0.15, -0.1) is 5.10 Å². The van der Waals surface area contributed by atoms with Gasteiger partial charge in [0.15, 0.2) is 11.3 Å². The third kappa shape index (κ3) is 4.54. The van der Waals surface area contributed by atoms with Crippen LogP contribution < -0.4 is 16.3 Å². The predicted octanol–water partition coefficient (Wildman–Crippen LogP) is 2.66. The highest BCUT2D eigenvalue weighted by atomic mass is 35.5. The van der Waals surface area contributed by atoms with Crippen molar-refractivity contribution in [2.24, 2.45) is 0 Å². The Morgan fingerprint density at radius 3 is 2.51 bits per heavy atom. The normalized spacial score (nSPS) is 14.7. The molecule has 0 atom stereocenters. The first kappa shape index (κ1) is 23.5. The number of hydrogen-bond acceptors (Lipinski definition) is 7. The molecule has 37 heavy (non-hydrogen) atoms. The molecule has 1 aliphatic heterocycles. The van der Waals surface area contributed by atoms with E-state index in [-0.39, 0.29) is 18.2 Å². The molecule has 0 spiro atoms. The van der Waals surface area contributed by atoms with Gasteiger partial charge in [0.1, 0.15) is 0 Å². The van der Waals surface area contributed by atoms with Gasteiger partial charge in [-0.2, -0.15) is 10.1 Å². The second-order valence-corrected chi connectivity index (χ2v) is 9.90. The number of aryl methyl sites for hydroxylation is 1. The van der Waals surface area contributed by atoms with E-state index in [9.17, 15) is 4.79 Å². The topological polar surface area (TPSA) is 103 Å². The summed E-state index contributed by atoms with van der Waals surface area (Å²) in [5.41, 5.74) is 10.4. The SMILES string of the molecule is Cc1ccc(N2CCN(CCn3ncc4c3nc(N)n3c(=O)n(Cc5cccc(Cl)c5)nc43)CC2)cc1. The quantitative estimate of drug-likeness (QED) is 0.369. The van der Waals surface area contributed by atoms with Gasteiger partial charge < -0.3 is 10.6 Å². The lowest BCUT2D eigenvalue weighted by molar-refractivity contribution is 0.245. The predicted molar refractivity (Wildman–Crippen MR) is 145 cm³/mol. The Kier molecular flexibility index (Phi) is 6.05. The third-order valence-corrected chi connectivity index (χ3v) is 7.20. The monoisotopic (exact) mass is 517 g/mol. The van der Waals surface area contributed by atoms with Crippen molar-refractivity contribution in [2.45, 2.75) is 20.0 Å². The molecule has 1 saturated heterocycles. The molecule has 1 fully saturated rings. The van der Waals surface area contributed by atoms with Crippen LogP contribution in [-0.2, 0) is 13.1 Å². The molecular weight excluding hydrogens is 490 g/mol. The summed E-state index contributed by atoms with van der Waals surface area (Å²) >= 11 is 6.10. The lowest BCUT2D eigenvalue weighted by Gasteiger charge is -2.36. The van der Waals surface area contributed by atoms with Crippen molar-refractivity contribution >= 4 is 39.9 Å². The smallest absolute Gasteiger partial charge is 0.353 e. The van der Waals surface area contributed by atoms with Gasteiger partial charge in [0.25, 0.3) is 0 Å². The average molecular weight is 518 g/mol. The molecule has 3 aromatic heterocycles. The summed E-state index contributed by atoms with van der Waals surface area (Å²) in [6.07, 6.45) is 1.71. The molecule has 11 heteroatoms. The Bertz CT molecular complexity index is 1630. The zero-order valence-electron chi connectivity index (χ0n) is 20.6. The highest BCUT2D eigenvalue weighted by molar-refractivity contribution is 6.30. The average Bonchev–Trinajstić information content (AvgIpc) is 3.44. The van der Waals surface area contributed by atoms with Gasteiger partial charge in [-0.25, -0.2) is 18.6 Å². The molecule has 0 aliphatic carbocycles. The summed E-state index contributed by atoms with van der Waals surface area (Å²) in [7, 11) is 0. The lowest BCUT2D eigenvalue weighted by Crippen LogP contribution is -2.47. The van der Waals surface area contributed by atoms with E-state index in [4.69, 9.17) is 17.3 Å². The number of nitrogens with two attached hydrogens (primary N) is 1. The maximum atomic E-state index is 13.0. The molecule has 0 bridgehead atoms. The van der Waals surface area contributed by atoms with Crippen LogP contribution in [0, 0.1) is 6.92 Å². The van der Waals surface area contributed by atoms with E-state index in [0.29, 0.717) is 28.2 Å². The highest BCUT2D eigenvalue weighted by Gasteiger charge is 2.20. The number of halogens is 1. The van der Waals surface area contributed by atoms with E-state index < -0.39 is 0 Å². The van der Waals surface area contributed by atoms with Crippen molar-refractivity contribution in [1.29, 1.82) is 0 Å². The molecule has 0 radical (unpaired) electrons. The summed E-state index contributed by atoms with van der Waals surface area (Å²) in [5, 5.41) is 10.4. The maximum absolute atomic E-state index is 13.0. The number of nitrogens with zero attached hydrogens (tertiary/aromatic N) is 8. The van der Waals surface area contributed by atoms with E-state index in [1.54, 1.807) is 12.3 Å². The van der Waals surface area contributed by atoms with Crippen LogP contribution >= 0.6 is 11.6 Å². The van der Waals surface area contributed by atoms with Crippen molar-refractivity contribution in [1.82, 2.24) is 33.8 Å². The van der Waals surface area contributed by atoms with E-state index in [1.807, 2.05) is 22.9 Å². The number of piperazine rings is 1. The van der Waals surface area contributed by atoms with Crippen LogP contribution in [0.5, 0.6) is 0 Å². The third-order valence-electron chi connectivity index (χ3n) is 6.96. The van der Waals surface area contributed by atoms with Gasteiger partial charge in [0.05, 0.1) is 24.7 Å². The maximum Gasteiger partial charge on any atom is 0.353 e. The summed E-state index contributed by atoms with van der Waals surface area (Å²) in [6, 6.07) is 16.1. The molecule has 190 valence electrons. The Balaban J connectivity index is 1.18. The van der Waals surface area contributed by atoms with E-state index in [0.717, 1.165) is 38.3 Å². The number of aromatic nitrogens is 6. The van der Waals surface area contributed by atoms with Crippen molar-refractivity contribution < 1.29 is 0 Å². The minimum absolute atomic E-state index is 0.0957. The fraction of sp³-hybridized carbons (Fsp3) is 0.308. The van der Waals surface area contributed by atoms with Crippen LogP contribution in [0.4, 0.5) is 11.6 Å². The summed E-state index contributed by atoms with van der Waals surface area (Å²) in [6.45, 7) is 7.85. The Morgan fingerprint density at radius 1 is 0.973 bits per heavy atom. The Morgan fingerprint density at radius 2 is 1.76 bits per heavy atom. The zero-order valence-corrected chi connectivity index (χ0v) is 21.3. The standard InChI is InChI=1S/C26H28ClN9O/c1-18-5-7-21(8-6-18)33-12-9-32(10-13-33)11-14-34-23-22(16-29-34)24-31-35(26(37)36(24)25(28)30-23)17-19-3-2-4-20(27)15-19/h2-8,15-16H,9-14,17H2,1H3,(H2,28,30). The van der Waals surface area contributed by atoms with Crippen molar-refractivity contribution in [3.63, 3.8) is 0 Å². The van der Waals surface area contributed by atoms with Crippen molar-refractivity contribution in [2.75, 3.05) is 43.4 Å². The van der Waals surface area contributed by atoms with E-state index in [2.05, 4.69) is 56.2 Å². The number of rotatable bonds is 6. The van der Waals surface area contributed by atoms with E-state index >= 15 is 0 Å². The first-order chi connectivity index (χ1) is 18.0. The lowest BCUT2D eigenvalue weighted by atomic mass is 10.2. The van der Waals surface area contributed by atoms with Gasteiger partial charge in [0, 0.05) is 43.4 Å². The van der Waals surface area contributed by atoms with Crippen LogP contribution in [-0.4, -0.2) is 66.6 Å². The summed E-state index contributed by atoms with van der Waals surface area (Å²) in [5.74, 6) is 0.0957. The van der Waals surface area contributed by atoms with Gasteiger partial charge in [-0.3, -0.25) is 4.90 Å². The first-order valence-electron chi connectivity index (χ1n) is 12.4. The zero-order chi connectivity index (χ0) is 25.5. The van der Waals surface area contributed by atoms with E-state index in [1.165, 1.54) is 20.3 Å². The molecule has 10 nitrogen and oxygen atoms in total. The highest BCUT2D eigenvalue weighted by Crippen LogP contribution is 2.20. The molecule has 0 unspecified atom stereocenters. The molecule has 5 aromatic rings. The van der Waals surface area contributed by atoms with Crippen LogP contribution in [0.2, 0.25) is 5.02 Å².